The van der Waals surface area contributed by atoms with E-state index in [2.05, 4.69) is 16.0 Å². The molecule has 0 radical (unpaired) electrons. The first kappa shape index (κ1) is 31.0. The first-order valence-electron chi connectivity index (χ1n) is 13.1. The molecule has 0 aliphatic rings. The van der Waals surface area contributed by atoms with Gasteiger partial charge in [0.25, 0.3) is 17.5 Å². The van der Waals surface area contributed by atoms with Gasteiger partial charge in [0.1, 0.15) is 5.70 Å². The molecule has 0 spiro atoms. The highest BCUT2D eigenvalue weighted by Gasteiger charge is 2.18. The Bertz CT molecular complexity index is 1690. The number of halogens is 1. The molecule has 0 saturated carbocycles. The van der Waals surface area contributed by atoms with Gasteiger partial charge in [0.05, 0.1) is 10.2 Å². The molecule has 0 aliphatic heterocycles. The van der Waals surface area contributed by atoms with Crippen molar-refractivity contribution in [3.8, 4) is 0 Å². The molecule has 0 heterocycles. The molecule has 9 nitrogen and oxygen atoms in total. The summed E-state index contributed by atoms with van der Waals surface area (Å²) in [5.74, 6) is -1.31. The average molecular weight is 615 g/mol. The van der Waals surface area contributed by atoms with Crippen LogP contribution >= 0.6 is 23.4 Å². The lowest BCUT2D eigenvalue weighted by Crippen LogP contribution is -2.30. The van der Waals surface area contributed by atoms with Gasteiger partial charge in [0.2, 0.25) is 5.91 Å². The maximum absolute atomic E-state index is 13.4. The second-order valence-corrected chi connectivity index (χ2v) is 11.2. The Morgan fingerprint density at radius 1 is 0.884 bits per heavy atom. The first-order valence-corrected chi connectivity index (χ1v) is 14.3. The van der Waals surface area contributed by atoms with Crippen LogP contribution in [0.3, 0.4) is 0 Å². The number of hydrogen-bond donors (Lipinski definition) is 3. The molecule has 43 heavy (non-hydrogen) atoms. The number of non-ortho nitro benzene ring substituents is 1. The van der Waals surface area contributed by atoms with E-state index in [0.717, 1.165) is 10.5 Å². The molecular weight excluding hydrogens is 588 g/mol. The molecule has 1 atom stereocenters. The topological polar surface area (TPSA) is 130 Å². The van der Waals surface area contributed by atoms with Crippen LogP contribution in [0.15, 0.2) is 108 Å². The van der Waals surface area contributed by atoms with Crippen LogP contribution in [-0.2, 0) is 9.59 Å². The molecule has 3 N–H and O–H groups in total. The number of carbonyl (C=O) groups is 3. The van der Waals surface area contributed by atoms with Crippen molar-refractivity contribution in [2.24, 2.45) is 0 Å². The fraction of sp³-hybridized carbons (Fsp3) is 0.0938. The van der Waals surface area contributed by atoms with Gasteiger partial charge in [-0.3, -0.25) is 24.5 Å². The second kappa shape index (κ2) is 14.3. The Morgan fingerprint density at radius 2 is 1.58 bits per heavy atom. The van der Waals surface area contributed by atoms with E-state index in [-0.39, 0.29) is 17.3 Å². The van der Waals surface area contributed by atoms with Gasteiger partial charge in [-0.1, -0.05) is 41.9 Å². The van der Waals surface area contributed by atoms with E-state index in [1.54, 1.807) is 67.6 Å². The minimum Gasteiger partial charge on any atom is -0.325 e. The summed E-state index contributed by atoms with van der Waals surface area (Å²) >= 11 is 7.47. The molecule has 0 aromatic heterocycles. The highest BCUT2D eigenvalue weighted by atomic mass is 35.5. The SMILES string of the molecule is Cc1ccc(NC(=O)C(C)Sc2cccc(NC(=O)/C(=C\c3ccc([N+](=O)[O-])cc3)NC(=O)c3ccccc3)c2)cc1Cl. The van der Waals surface area contributed by atoms with Gasteiger partial charge in [-0.25, -0.2) is 0 Å². The molecule has 1 unspecified atom stereocenters. The number of hydrogen-bond acceptors (Lipinski definition) is 6. The average Bonchev–Trinajstić information content (AvgIpc) is 2.99. The van der Waals surface area contributed by atoms with Crippen LogP contribution < -0.4 is 16.0 Å². The molecule has 0 fully saturated rings. The predicted octanol–water partition coefficient (Wildman–Crippen LogP) is 7.09. The third kappa shape index (κ3) is 8.78. The van der Waals surface area contributed by atoms with E-state index in [1.807, 2.05) is 19.1 Å². The minimum absolute atomic E-state index is 0.0646. The van der Waals surface area contributed by atoms with Crippen molar-refractivity contribution >= 4 is 64.2 Å². The molecule has 11 heteroatoms. The zero-order chi connectivity index (χ0) is 30.9. The number of carbonyl (C=O) groups excluding carboxylic acids is 3. The first-order chi connectivity index (χ1) is 20.6. The smallest absolute Gasteiger partial charge is 0.272 e. The Morgan fingerprint density at radius 3 is 2.26 bits per heavy atom. The van der Waals surface area contributed by atoms with Crippen LogP contribution in [0.4, 0.5) is 17.1 Å². The number of thioether (sulfide) groups is 1. The van der Waals surface area contributed by atoms with Crippen molar-refractivity contribution < 1.29 is 19.3 Å². The Hall–Kier alpha value is -4.93. The summed E-state index contributed by atoms with van der Waals surface area (Å²) in [7, 11) is 0. The van der Waals surface area contributed by atoms with Crippen molar-refractivity contribution in [2.45, 2.75) is 24.0 Å². The normalized spacial score (nSPS) is 11.7. The lowest BCUT2D eigenvalue weighted by molar-refractivity contribution is -0.384. The van der Waals surface area contributed by atoms with Crippen molar-refractivity contribution in [2.75, 3.05) is 10.6 Å². The van der Waals surface area contributed by atoms with Gasteiger partial charge in [-0.15, -0.1) is 11.8 Å². The maximum atomic E-state index is 13.4. The van der Waals surface area contributed by atoms with Gasteiger partial charge in [0, 0.05) is 39.0 Å². The number of benzene rings is 4. The number of rotatable bonds is 10. The van der Waals surface area contributed by atoms with Crippen LogP contribution in [0.1, 0.15) is 28.4 Å². The molecule has 4 aromatic carbocycles. The predicted molar refractivity (Wildman–Crippen MR) is 170 cm³/mol. The van der Waals surface area contributed by atoms with Gasteiger partial charge in [-0.2, -0.15) is 0 Å². The summed E-state index contributed by atoms with van der Waals surface area (Å²) in [5, 5.41) is 19.4. The Labute approximate surface area is 257 Å². The summed E-state index contributed by atoms with van der Waals surface area (Å²) in [5.41, 5.74) is 2.61. The van der Waals surface area contributed by atoms with Crippen molar-refractivity contribution in [1.82, 2.24) is 5.32 Å². The van der Waals surface area contributed by atoms with Crippen LogP contribution in [0.2, 0.25) is 5.02 Å². The van der Waals surface area contributed by atoms with Crippen LogP contribution in [-0.4, -0.2) is 27.9 Å². The highest BCUT2D eigenvalue weighted by molar-refractivity contribution is 8.00. The summed E-state index contributed by atoms with van der Waals surface area (Å²) in [4.78, 5) is 50.3. The van der Waals surface area contributed by atoms with Gasteiger partial charge in [0.15, 0.2) is 0 Å². The molecule has 0 saturated heterocycles. The molecule has 4 aromatic rings. The standard InChI is InChI=1S/C32H27ClN4O5S/c1-20-11-14-25(19-28(20)33)34-30(38)21(2)43-27-10-6-9-24(18-27)35-32(40)29(36-31(39)23-7-4-3-5-8-23)17-22-12-15-26(16-13-22)37(41)42/h3-19,21H,1-2H3,(H,34,38)(H,35,40)(H,36,39)/b29-17+. The van der Waals surface area contributed by atoms with E-state index in [4.69, 9.17) is 11.6 Å². The summed E-state index contributed by atoms with van der Waals surface area (Å²) in [6.07, 6.45) is 1.43. The molecular formula is C32H27ClN4O5S. The van der Waals surface area contributed by atoms with Crippen molar-refractivity contribution in [3.05, 3.63) is 135 Å². The van der Waals surface area contributed by atoms with E-state index in [0.29, 0.717) is 27.5 Å². The summed E-state index contributed by atoms with van der Waals surface area (Å²) in [6.45, 7) is 3.65. The van der Waals surface area contributed by atoms with Crippen molar-refractivity contribution in [3.63, 3.8) is 0 Å². The molecule has 0 bridgehead atoms. The molecule has 0 aliphatic carbocycles. The van der Waals surface area contributed by atoms with Crippen molar-refractivity contribution in [1.29, 1.82) is 0 Å². The Balaban J connectivity index is 1.49. The van der Waals surface area contributed by atoms with Gasteiger partial charge < -0.3 is 16.0 Å². The largest absolute Gasteiger partial charge is 0.325 e. The number of anilines is 2. The summed E-state index contributed by atoms with van der Waals surface area (Å²) in [6, 6.07) is 26.3. The van der Waals surface area contributed by atoms with E-state index < -0.39 is 22.0 Å². The number of aryl methyl sites for hydroxylation is 1. The number of amides is 3. The zero-order valence-electron chi connectivity index (χ0n) is 23.2. The fourth-order valence-electron chi connectivity index (χ4n) is 3.82. The quantitative estimate of drug-likeness (QED) is 0.0757. The zero-order valence-corrected chi connectivity index (χ0v) is 24.7. The van der Waals surface area contributed by atoms with Gasteiger partial charge in [-0.05, 0) is 85.6 Å². The van der Waals surface area contributed by atoms with Crippen LogP contribution in [0.5, 0.6) is 0 Å². The number of nitro benzene ring substituents is 1. The van der Waals surface area contributed by atoms with E-state index in [1.165, 1.54) is 42.1 Å². The van der Waals surface area contributed by atoms with Crippen LogP contribution in [0, 0.1) is 17.0 Å². The minimum atomic E-state index is -0.605. The third-order valence-electron chi connectivity index (χ3n) is 6.16. The molecule has 218 valence electrons. The second-order valence-electron chi connectivity index (χ2n) is 9.42. The molecule has 4 rings (SSSR count). The number of nitrogens with one attached hydrogen (secondary N) is 3. The maximum Gasteiger partial charge on any atom is 0.272 e. The summed E-state index contributed by atoms with van der Waals surface area (Å²) < 4.78 is 0. The lowest BCUT2D eigenvalue weighted by Gasteiger charge is -2.14. The third-order valence-corrected chi connectivity index (χ3v) is 7.66. The van der Waals surface area contributed by atoms with Crippen LogP contribution in [0.25, 0.3) is 6.08 Å². The fourth-order valence-corrected chi connectivity index (χ4v) is 4.93. The lowest BCUT2D eigenvalue weighted by atomic mass is 10.1. The van der Waals surface area contributed by atoms with E-state index >= 15 is 0 Å². The monoisotopic (exact) mass is 614 g/mol. The van der Waals surface area contributed by atoms with Gasteiger partial charge >= 0.3 is 0 Å². The number of nitro groups is 1. The van der Waals surface area contributed by atoms with E-state index in [9.17, 15) is 24.5 Å². The highest BCUT2D eigenvalue weighted by Crippen LogP contribution is 2.28. The Kier molecular flexibility index (Phi) is 10.3. The number of nitrogens with zero attached hydrogens (tertiary/aromatic N) is 1. The molecule has 3 amide bonds.